The maximum atomic E-state index is 13.6. The molecule has 0 spiro atoms. The molecule has 12 heteroatoms. The van der Waals surface area contributed by atoms with Crippen molar-refractivity contribution in [2.45, 2.75) is 74.1 Å². The number of sulfonamides is 1. The lowest BCUT2D eigenvalue weighted by atomic mass is 10.0. The molecule has 4 N–H and O–H groups in total. The van der Waals surface area contributed by atoms with Crippen molar-refractivity contribution in [2.24, 2.45) is 5.92 Å². The second kappa shape index (κ2) is 12.8. The molecular weight excluding hydrogens is 538 g/mol. The number of hydrogen-bond acceptors (Lipinski definition) is 9. The van der Waals surface area contributed by atoms with Gasteiger partial charge in [-0.3, -0.25) is 4.84 Å². The van der Waals surface area contributed by atoms with Crippen molar-refractivity contribution in [3.05, 3.63) is 60.2 Å². The van der Waals surface area contributed by atoms with Gasteiger partial charge < -0.3 is 30.4 Å². The molecule has 5 rings (SSSR count). The van der Waals surface area contributed by atoms with Crippen molar-refractivity contribution < 1.29 is 37.4 Å². The number of nitrogens with two attached hydrogens (primary N) is 1. The molecule has 1 saturated carbocycles. The van der Waals surface area contributed by atoms with Crippen molar-refractivity contribution in [3.63, 3.8) is 0 Å². The third-order valence-corrected chi connectivity index (χ3v) is 9.26. The van der Waals surface area contributed by atoms with Gasteiger partial charge in [0.15, 0.2) is 6.29 Å². The van der Waals surface area contributed by atoms with Crippen LogP contribution in [0.5, 0.6) is 0 Å². The van der Waals surface area contributed by atoms with Crippen LogP contribution in [0.4, 0.5) is 10.5 Å². The number of ether oxygens (including phenoxy) is 3. The standard InChI is InChI=1S/C28H37N3O8S/c29-20-9-6-12-22(16-20)40(34,35)31(39-21-10-4-5-11-21)17-25(32)24(15-19-7-2-1-3-8-19)30-28(33)38-26-18-37-27-23(26)13-14-36-27/h1-3,6-9,12,16,21,23-27,32H,4-5,10-11,13-15,17-18,29H2,(H,30,33)/t23-,24-,25+,26-,27+/m0/s1. The lowest BCUT2D eigenvalue weighted by molar-refractivity contribution is -0.145. The average molecular weight is 576 g/mol. The Morgan fingerprint density at radius 2 is 1.88 bits per heavy atom. The molecule has 5 atom stereocenters. The first-order valence-corrected chi connectivity index (χ1v) is 15.2. The molecule has 2 aliphatic heterocycles. The second-order valence-electron chi connectivity index (χ2n) is 10.6. The largest absolute Gasteiger partial charge is 0.443 e. The minimum atomic E-state index is -4.17. The first-order chi connectivity index (χ1) is 19.3. The van der Waals surface area contributed by atoms with Crippen LogP contribution in [-0.4, -0.2) is 74.5 Å². The van der Waals surface area contributed by atoms with Gasteiger partial charge in [-0.25, -0.2) is 13.2 Å². The lowest BCUT2D eigenvalue weighted by Gasteiger charge is -2.31. The summed E-state index contributed by atoms with van der Waals surface area (Å²) >= 11 is 0. The molecule has 3 fully saturated rings. The number of amides is 1. The van der Waals surface area contributed by atoms with E-state index in [1.165, 1.54) is 12.1 Å². The van der Waals surface area contributed by atoms with Crippen LogP contribution in [0.15, 0.2) is 59.5 Å². The number of nitrogen functional groups attached to an aromatic ring is 1. The monoisotopic (exact) mass is 575 g/mol. The van der Waals surface area contributed by atoms with E-state index in [0.29, 0.717) is 25.1 Å². The van der Waals surface area contributed by atoms with E-state index < -0.39 is 40.9 Å². The van der Waals surface area contributed by atoms with Crippen molar-refractivity contribution in [2.75, 3.05) is 25.5 Å². The van der Waals surface area contributed by atoms with Gasteiger partial charge in [0.1, 0.15) is 6.10 Å². The number of rotatable bonds is 11. The Morgan fingerprint density at radius 1 is 1.10 bits per heavy atom. The Hall–Kier alpha value is -2.74. The Labute approximate surface area is 234 Å². The highest BCUT2D eigenvalue weighted by Crippen LogP contribution is 2.33. The number of aliphatic hydroxyl groups excluding tert-OH is 1. The molecular formula is C28H37N3O8S. The van der Waals surface area contributed by atoms with Gasteiger partial charge in [0.2, 0.25) is 0 Å². The van der Waals surface area contributed by atoms with E-state index in [2.05, 4.69) is 5.32 Å². The van der Waals surface area contributed by atoms with E-state index in [0.717, 1.165) is 29.3 Å². The Bertz CT molecular complexity index is 1240. The highest BCUT2D eigenvalue weighted by atomic mass is 32.2. The van der Waals surface area contributed by atoms with Crippen molar-refractivity contribution in [1.82, 2.24) is 9.79 Å². The van der Waals surface area contributed by atoms with Gasteiger partial charge in [0.05, 0.1) is 48.8 Å². The number of hydrogen-bond donors (Lipinski definition) is 3. The van der Waals surface area contributed by atoms with Crippen LogP contribution in [0.2, 0.25) is 0 Å². The molecule has 0 bridgehead atoms. The highest BCUT2D eigenvalue weighted by molar-refractivity contribution is 7.89. The summed E-state index contributed by atoms with van der Waals surface area (Å²) in [6, 6.07) is 14.4. The molecule has 218 valence electrons. The minimum absolute atomic E-state index is 0.0398. The number of hydroxylamine groups is 1. The molecule has 1 aliphatic carbocycles. The van der Waals surface area contributed by atoms with E-state index in [1.807, 2.05) is 30.3 Å². The molecule has 2 heterocycles. The van der Waals surface area contributed by atoms with Crippen LogP contribution < -0.4 is 11.1 Å². The summed E-state index contributed by atoms with van der Waals surface area (Å²) in [6.07, 6.45) is 1.08. The van der Waals surface area contributed by atoms with Crippen LogP contribution in [-0.2, 0) is 35.5 Å². The molecule has 0 unspecified atom stereocenters. The van der Waals surface area contributed by atoms with Crippen molar-refractivity contribution in [1.29, 1.82) is 0 Å². The maximum absolute atomic E-state index is 13.6. The van der Waals surface area contributed by atoms with Crippen LogP contribution in [0.3, 0.4) is 0 Å². The summed E-state index contributed by atoms with van der Waals surface area (Å²) < 4.78 is 44.9. The Morgan fingerprint density at radius 3 is 2.62 bits per heavy atom. The minimum Gasteiger partial charge on any atom is -0.443 e. The van der Waals surface area contributed by atoms with E-state index in [4.69, 9.17) is 24.8 Å². The van der Waals surface area contributed by atoms with Crippen LogP contribution in [0.1, 0.15) is 37.7 Å². The van der Waals surface area contributed by atoms with Gasteiger partial charge in [-0.1, -0.05) is 53.7 Å². The average Bonchev–Trinajstić information content (AvgIpc) is 3.69. The lowest BCUT2D eigenvalue weighted by Crippen LogP contribution is -2.51. The number of nitrogens with zero attached hydrogens (tertiary/aromatic N) is 1. The fourth-order valence-electron chi connectivity index (χ4n) is 5.45. The molecule has 2 aromatic rings. The van der Waals surface area contributed by atoms with Gasteiger partial charge >= 0.3 is 6.09 Å². The first kappa shape index (κ1) is 28.8. The van der Waals surface area contributed by atoms with Crippen molar-refractivity contribution >= 4 is 21.8 Å². The summed E-state index contributed by atoms with van der Waals surface area (Å²) in [6.45, 7) is 0.372. The normalized spacial score (nSPS) is 24.6. The maximum Gasteiger partial charge on any atom is 0.407 e. The Kier molecular flexibility index (Phi) is 9.24. The second-order valence-corrected chi connectivity index (χ2v) is 12.4. The number of carbonyl (C=O) groups is 1. The zero-order valence-corrected chi connectivity index (χ0v) is 23.1. The SMILES string of the molecule is Nc1cccc(S(=O)(=O)N(C[C@@H](O)[C@H](Cc2ccccc2)NC(=O)O[C@H]2CO[C@H]3OCC[C@H]32)OC2CCCC2)c1. The van der Waals surface area contributed by atoms with Crippen molar-refractivity contribution in [3.8, 4) is 0 Å². The number of fused-ring (bicyclic) bond motifs is 1. The molecule has 0 aromatic heterocycles. The van der Waals surface area contributed by atoms with E-state index in [-0.39, 0.29) is 36.2 Å². The van der Waals surface area contributed by atoms with E-state index in [9.17, 15) is 18.3 Å². The number of carbonyl (C=O) groups excluding carboxylic acids is 1. The van der Waals surface area contributed by atoms with Gasteiger partial charge in [0, 0.05) is 5.69 Å². The number of anilines is 1. The predicted octanol–water partition coefficient (Wildman–Crippen LogP) is 2.59. The summed E-state index contributed by atoms with van der Waals surface area (Å²) in [5.74, 6) is -0.0398. The zero-order chi connectivity index (χ0) is 28.1. The quantitative estimate of drug-likeness (QED) is 0.271. The third-order valence-electron chi connectivity index (χ3n) is 7.64. The topological polar surface area (TPSA) is 150 Å². The van der Waals surface area contributed by atoms with Gasteiger partial charge in [-0.15, -0.1) is 0 Å². The van der Waals surface area contributed by atoms with Gasteiger partial charge in [-0.2, -0.15) is 0 Å². The molecule has 2 saturated heterocycles. The summed E-state index contributed by atoms with van der Waals surface area (Å²) in [5.41, 5.74) is 7.00. The molecule has 1 amide bonds. The van der Waals surface area contributed by atoms with E-state index >= 15 is 0 Å². The van der Waals surface area contributed by atoms with Crippen LogP contribution in [0, 0.1) is 5.92 Å². The smallest absolute Gasteiger partial charge is 0.407 e. The van der Waals surface area contributed by atoms with Crippen LogP contribution >= 0.6 is 0 Å². The fourth-order valence-corrected chi connectivity index (χ4v) is 6.81. The third kappa shape index (κ3) is 6.93. The van der Waals surface area contributed by atoms with Crippen LogP contribution in [0.25, 0.3) is 0 Å². The number of alkyl carbamates (subject to hydrolysis) is 1. The summed E-state index contributed by atoms with van der Waals surface area (Å²) in [7, 11) is -4.17. The fraction of sp³-hybridized carbons (Fsp3) is 0.536. The molecule has 3 aliphatic rings. The molecule has 11 nitrogen and oxygen atoms in total. The zero-order valence-electron chi connectivity index (χ0n) is 22.3. The number of benzene rings is 2. The van der Waals surface area contributed by atoms with E-state index in [1.54, 1.807) is 12.1 Å². The predicted molar refractivity (Wildman–Crippen MR) is 145 cm³/mol. The van der Waals surface area contributed by atoms with Gasteiger partial charge in [0.25, 0.3) is 10.0 Å². The molecule has 0 radical (unpaired) electrons. The number of aliphatic hydroxyl groups is 1. The first-order valence-electron chi connectivity index (χ1n) is 13.8. The summed E-state index contributed by atoms with van der Waals surface area (Å²) in [5, 5.41) is 14.2. The molecule has 2 aromatic carbocycles. The van der Waals surface area contributed by atoms with Gasteiger partial charge in [-0.05, 0) is 49.4 Å². The molecule has 40 heavy (non-hydrogen) atoms. The summed E-state index contributed by atoms with van der Waals surface area (Å²) in [4.78, 5) is 18.9. The highest BCUT2D eigenvalue weighted by Gasteiger charge is 2.44. The number of nitrogens with one attached hydrogen (secondary N) is 1. The Balaban J connectivity index is 1.34.